The van der Waals surface area contributed by atoms with E-state index in [1.807, 2.05) is 6.26 Å². The predicted octanol–water partition coefficient (Wildman–Crippen LogP) is 3.47. The number of aryl methyl sites for hydroxylation is 2. The van der Waals surface area contributed by atoms with E-state index in [1.54, 1.807) is 24.8 Å². The molecular weight excluding hydrogens is 339 g/mol. The maximum atomic E-state index is 13.3. The van der Waals surface area contributed by atoms with Crippen LogP contribution in [-0.4, -0.2) is 33.5 Å². The molecule has 0 atom stereocenters. The fraction of sp³-hybridized carbons (Fsp3) is 0.500. The number of rotatable bonds is 8. The first-order chi connectivity index (χ1) is 11.9. The fourth-order valence-electron chi connectivity index (χ4n) is 2.59. The highest BCUT2D eigenvalue weighted by Gasteiger charge is 2.13. The standard InChI is InChI=1S/C18H25FN4OS/c1-12(2)11-23-16(21-22-18(23)25-4)6-5-9-20-17(24)15-10-14(19)8-7-13(15)3/h7-8,10,12H,5-6,9,11H2,1-4H3,(H,20,24). The lowest BCUT2D eigenvalue weighted by atomic mass is 10.1. The Morgan fingerprint density at radius 3 is 2.80 bits per heavy atom. The number of aromatic nitrogens is 3. The molecule has 1 aromatic heterocycles. The van der Waals surface area contributed by atoms with E-state index in [0.717, 1.165) is 35.9 Å². The molecule has 0 radical (unpaired) electrons. The molecule has 1 heterocycles. The average Bonchev–Trinajstić information content (AvgIpc) is 2.94. The maximum Gasteiger partial charge on any atom is 0.251 e. The zero-order chi connectivity index (χ0) is 18.4. The van der Waals surface area contributed by atoms with Crippen molar-refractivity contribution in [1.82, 2.24) is 20.1 Å². The third-order valence-corrected chi connectivity index (χ3v) is 4.50. The molecule has 1 N–H and O–H groups in total. The van der Waals surface area contributed by atoms with Gasteiger partial charge in [-0.25, -0.2) is 4.39 Å². The first kappa shape index (κ1) is 19.4. The van der Waals surface area contributed by atoms with Crippen LogP contribution in [0.2, 0.25) is 0 Å². The Morgan fingerprint density at radius 2 is 2.12 bits per heavy atom. The second-order valence-electron chi connectivity index (χ2n) is 6.43. The maximum absolute atomic E-state index is 13.3. The highest BCUT2D eigenvalue weighted by atomic mass is 32.2. The van der Waals surface area contributed by atoms with Crippen molar-refractivity contribution >= 4 is 17.7 Å². The number of nitrogens with one attached hydrogen (secondary N) is 1. The Kier molecular flexibility index (Phi) is 6.99. The molecule has 0 aliphatic rings. The molecule has 0 fully saturated rings. The molecule has 0 spiro atoms. The highest BCUT2D eigenvalue weighted by Crippen LogP contribution is 2.16. The summed E-state index contributed by atoms with van der Waals surface area (Å²) in [7, 11) is 0. The quantitative estimate of drug-likeness (QED) is 0.576. The van der Waals surface area contributed by atoms with Gasteiger partial charge in [-0.15, -0.1) is 10.2 Å². The molecule has 5 nitrogen and oxygen atoms in total. The van der Waals surface area contributed by atoms with Gasteiger partial charge in [-0.1, -0.05) is 31.7 Å². The van der Waals surface area contributed by atoms with Crippen LogP contribution in [0.3, 0.4) is 0 Å². The van der Waals surface area contributed by atoms with Crippen LogP contribution in [0.1, 0.15) is 42.0 Å². The minimum atomic E-state index is -0.401. The van der Waals surface area contributed by atoms with Crippen LogP contribution in [0.5, 0.6) is 0 Å². The van der Waals surface area contributed by atoms with E-state index in [0.29, 0.717) is 18.0 Å². The number of nitrogens with zero attached hydrogens (tertiary/aromatic N) is 3. The largest absolute Gasteiger partial charge is 0.352 e. The molecule has 0 bridgehead atoms. The second kappa shape index (κ2) is 8.99. The van der Waals surface area contributed by atoms with Crippen LogP contribution in [-0.2, 0) is 13.0 Å². The van der Waals surface area contributed by atoms with Crippen molar-refractivity contribution in [3.8, 4) is 0 Å². The number of benzene rings is 1. The Balaban J connectivity index is 1.90. The summed E-state index contributed by atoms with van der Waals surface area (Å²) in [5.74, 6) is 0.804. The molecule has 7 heteroatoms. The second-order valence-corrected chi connectivity index (χ2v) is 7.20. The van der Waals surface area contributed by atoms with Gasteiger partial charge >= 0.3 is 0 Å². The SMILES string of the molecule is CSc1nnc(CCCNC(=O)c2cc(F)ccc2C)n1CC(C)C. The minimum Gasteiger partial charge on any atom is -0.352 e. The minimum absolute atomic E-state index is 0.245. The molecule has 2 rings (SSSR count). The number of hydrogen-bond donors (Lipinski definition) is 1. The fourth-order valence-corrected chi connectivity index (χ4v) is 3.11. The van der Waals surface area contributed by atoms with E-state index < -0.39 is 5.82 Å². The van der Waals surface area contributed by atoms with E-state index in [-0.39, 0.29) is 5.91 Å². The van der Waals surface area contributed by atoms with Crippen molar-refractivity contribution in [1.29, 1.82) is 0 Å². The Hall–Kier alpha value is -1.89. The monoisotopic (exact) mass is 364 g/mol. The summed E-state index contributed by atoms with van der Waals surface area (Å²) >= 11 is 1.59. The van der Waals surface area contributed by atoms with Crippen molar-refractivity contribution in [2.24, 2.45) is 5.92 Å². The van der Waals surface area contributed by atoms with Gasteiger partial charge in [-0.3, -0.25) is 4.79 Å². The number of thioether (sulfide) groups is 1. The Labute approximate surface area is 152 Å². The zero-order valence-corrected chi connectivity index (χ0v) is 16.0. The van der Waals surface area contributed by atoms with Crippen molar-refractivity contribution in [2.75, 3.05) is 12.8 Å². The summed E-state index contributed by atoms with van der Waals surface area (Å²) in [6, 6.07) is 4.24. The van der Waals surface area contributed by atoms with Crippen LogP contribution in [0, 0.1) is 18.7 Å². The summed E-state index contributed by atoms with van der Waals surface area (Å²) in [5.41, 5.74) is 1.15. The molecule has 0 saturated heterocycles. The average molecular weight is 364 g/mol. The van der Waals surface area contributed by atoms with Crippen molar-refractivity contribution in [2.45, 2.75) is 45.3 Å². The normalized spacial score (nSPS) is 11.1. The van der Waals surface area contributed by atoms with E-state index in [2.05, 4.69) is 33.9 Å². The topological polar surface area (TPSA) is 59.8 Å². The van der Waals surface area contributed by atoms with Crippen molar-refractivity contribution in [3.63, 3.8) is 0 Å². The summed E-state index contributed by atoms with van der Waals surface area (Å²) in [4.78, 5) is 12.2. The summed E-state index contributed by atoms with van der Waals surface area (Å²) < 4.78 is 15.4. The summed E-state index contributed by atoms with van der Waals surface area (Å²) in [6.45, 7) is 7.52. The van der Waals surface area contributed by atoms with Gasteiger partial charge in [0.2, 0.25) is 0 Å². The lowest BCUT2D eigenvalue weighted by molar-refractivity contribution is 0.0952. The smallest absolute Gasteiger partial charge is 0.251 e. The third-order valence-electron chi connectivity index (χ3n) is 3.83. The molecule has 0 aliphatic carbocycles. The van der Waals surface area contributed by atoms with Crippen molar-refractivity contribution in [3.05, 3.63) is 41.0 Å². The van der Waals surface area contributed by atoms with Gasteiger partial charge in [-0.05, 0) is 43.2 Å². The van der Waals surface area contributed by atoms with E-state index in [1.165, 1.54) is 12.1 Å². The van der Waals surface area contributed by atoms with Crippen LogP contribution in [0.15, 0.2) is 23.4 Å². The first-order valence-electron chi connectivity index (χ1n) is 8.42. The van der Waals surface area contributed by atoms with E-state index in [4.69, 9.17) is 0 Å². The highest BCUT2D eigenvalue weighted by molar-refractivity contribution is 7.98. The molecule has 0 unspecified atom stereocenters. The van der Waals surface area contributed by atoms with Crippen LogP contribution in [0.25, 0.3) is 0 Å². The summed E-state index contributed by atoms with van der Waals surface area (Å²) in [5, 5.41) is 12.3. The Bertz CT molecular complexity index is 730. The molecule has 0 saturated carbocycles. The molecule has 1 amide bonds. The number of hydrogen-bond acceptors (Lipinski definition) is 4. The Morgan fingerprint density at radius 1 is 1.36 bits per heavy atom. The third kappa shape index (κ3) is 5.29. The molecular formula is C18H25FN4OS. The van der Waals surface area contributed by atoms with Crippen LogP contribution in [0.4, 0.5) is 4.39 Å². The van der Waals surface area contributed by atoms with Gasteiger partial charge in [0.05, 0.1) is 0 Å². The van der Waals surface area contributed by atoms with Gasteiger partial charge in [0.25, 0.3) is 5.91 Å². The van der Waals surface area contributed by atoms with Gasteiger partial charge in [0, 0.05) is 25.1 Å². The van der Waals surface area contributed by atoms with E-state index in [9.17, 15) is 9.18 Å². The number of carbonyl (C=O) groups excluding carboxylic acids is 1. The molecule has 1 aromatic carbocycles. The molecule has 136 valence electrons. The van der Waals surface area contributed by atoms with Gasteiger partial charge < -0.3 is 9.88 Å². The van der Waals surface area contributed by atoms with Crippen LogP contribution >= 0.6 is 11.8 Å². The number of amides is 1. The molecule has 25 heavy (non-hydrogen) atoms. The molecule has 0 aliphatic heterocycles. The molecule has 2 aromatic rings. The summed E-state index contributed by atoms with van der Waals surface area (Å²) in [6.07, 6.45) is 3.49. The van der Waals surface area contributed by atoms with Crippen molar-refractivity contribution < 1.29 is 9.18 Å². The zero-order valence-electron chi connectivity index (χ0n) is 15.2. The van der Waals surface area contributed by atoms with Gasteiger partial charge in [0.15, 0.2) is 5.16 Å². The van der Waals surface area contributed by atoms with Crippen LogP contribution < -0.4 is 5.32 Å². The number of carbonyl (C=O) groups is 1. The lowest BCUT2D eigenvalue weighted by Gasteiger charge is -2.12. The predicted molar refractivity (Wildman–Crippen MR) is 98.4 cm³/mol. The number of halogens is 1. The lowest BCUT2D eigenvalue weighted by Crippen LogP contribution is -2.26. The first-order valence-corrected chi connectivity index (χ1v) is 9.65. The van der Waals surface area contributed by atoms with Gasteiger partial charge in [-0.2, -0.15) is 0 Å². The van der Waals surface area contributed by atoms with Gasteiger partial charge in [0.1, 0.15) is 11.6 Å². The van der Waals surface area contributed by atoms with E-state index >= 15 is 0 Å².